The maximum Gasteiger partial charge on any atom is 0.239 e. The second-order valence-corrected chi connectivity index (χ2v) is 6.59. The molecule has 2 aromatic heterocycles. The maximum atomic E-state index is 12.5. The summed E-state index contributed by atoms with van der Waals surface area (Å²) >= 11 is 0. The summed E-state index contributed by atoms with van der Waals surface area (Å²) in [6.45, 7) is 3.67. The van der Waals surface area contributed by atoms with E-state index in [0.29, 0.717) is 36.3 Å². The molecule has 1 saturated heterocycles. The Labute approximate surface area is 150 Å². The van der Waals surface area contributed by atoms with Gasteiger partial charge in [0, 0.05) is 31.8 Å². The SMILES string of the molecule is Cc1cccc(C2CCN(C(=O)CCc3nc(-c4ncn[nH]4)no3)C2)c1. The van der Waals surface area contributed by atoms with Crippen molar-refractivity contribution in [3.05, 3.63) is 47.6 Å². The molecular formula is C18H20N6O2. The van der Waals surface area contributed by atoms with E-state index < -0.39 is 0 Å². The highest BCUT2D eigenvalue weighted by atomic mass is 16.5. The van der Waals surface area contributed by atoms with Crippen molar-refractivity contribution < 1.29 is 9.32 Å². The number of nitrogens with zero attached hydrogens (tertiary/aromatic N) is 5. The van der Waals surface area contributed by atoms with Gasteiger partial charge in [0.1, 0.15) is 6.33 Å². The number of benzene rings is 1. The van der Waals surface area contributed by atoms with Gasteiger partial charge in [0.05, 0.1) is 0 Å². The molecule has 0 spiro atoms. The van der Waals surface area contributed by atoms with Gasteiger partial charge in [-0.1, -0.05) is 35.0 Å². The first-order valence-corrected chi connectivity index (χ1v) is 8.71. The maximum absolute atomic E-state index is 12.5. The monoisotopic (exact) mass is 352 g/mol. The van der Waals surface area contributed by atoms with Crippen LogP contribution in [0.5, 0.6) is 0 Å². The largest absolute Gasteiger partial charge is 0.342 e. The fourth-order valence-electron chi connectivity index (χ4n) is 3.32. The Bertz CT molecular complexity index is 889. The Balaban J connectivity index is 1.32. The van der Waals surface area contributed by atoms with Gasteiger partial charge >= 0.3 is 0 Å². The van der Waals surface area contributed by atoms with E-state index in [9.17, 15) is 4.79 Å². The average Bonchev–Trinajstić information content (AvgIpc) is 3.40. The normalized spacial score (nSPS) is 17.0. The van der Waals surface area contributed by atoms with Crippen LogP contribution in [0.1, 0.15) is 35.8 Å². The van der Waals surface area contributed by atoms with Crippen LogP contribution in [0.2, 0.25) is 0 Å². The van der Waals surface area contributed by atoms with Crippen molar-refractivity contribution >= 4 is 5.91 Å². The zero-order chi connectivity index (χ0) is 17.9. The van der Waals surface area contributed by atoms with Crippen molar-refractivity contribution in [3.63, 3.8) is 0 Å². The highest BCUT2D eigenvalue weighted by Crippen LogP contribution is 2.28. The molecule has 0 bridgehead atoms. The van der Waals surface area contributed by atoms with Crippen LogP contribution in [0.25, 0.3) is 11.6 Å². The van der Waals surface area contributed by atoms with Crippen molar-refractivity contribution in [2.75, 3.05) is 13.1 Å². The number of aromatic amines is 1. The lowest BCUT2D eigenvalue weighted by atomic mass is 9.97. The summed E-state index contributed by atoms with van der Waals surface area (Å²) in [5.74, 6) is 1.77. The van der Waals surface area contributed by atoms with E-state index in [1.54, 1.807) is 0 Å². The summed E-state index contributed by atoms with van der Waals surface area (Å²) in [6, 6.07) is 8.53. The highest BCUT2D eigenvalue weighted by molar-refractivity contribution is 5.76. The second kappa shape index (κ2) is 7.07. The number of aromatic nitrogens is 5. The lowest BCUT2D eigenvalue weighted by Gasteiger charge is -2.16. The van der Waals surface area contributed by atoms with E-state index in [4.69, 9.17) is 4.52 Å². The summed E-state index contributed by atoms with van der Waals surface area (Å²) in [7, 11) is 0. The lowest BCUT2D eigenvalue weighted by molar-refractivity contribution is -0.130. The van der Waals surface area contributed by atoms with Gasteiger partial charge in [-0.2, -0.15) is 10.1 Å². The number of likely N-dealkylation sites (tertiary alicyclic amines) is 1. The minimum absolute atomic E-state index is 0.125. The van der Waals surface area contributed by atoms with Crippen LogP contribution in [0.3, 0.4) is 0 Å². The fraction of sp³-hybridized carbons (Fsp3) is 0.389. The van der Waals surface area contributed by atoms with Crippen LogP contribution in [0.4, 0.5) is 0 Å². The van der Waals surface area contributed by atoms with Gasteiger partial charge in [-0.15, -0.1) is 0 Å². The molecule has 0 saturated carbocycles. The van der Waals surface area contributed by atoms with Crippen LogP contribution < -0.4 is 0 Å². The van der Waals surface area contributed by atoms with Crippen LogP contribution in [0.15, 0.2) is 35.1 Å². The van der Waals surface area contributed by atoms with Gasteiger partial charge in [0.25, 0.3) is 0 Å². The molecule has 1 unspecified atom stereocenters. The first-order valence-electron chi connectivity index (χ1n) is 8.71. The molecule has 8 heteroatoms. The minimum Gasteiger partial charge on any atom is -0.342 e. The first-order chi connectivity index (χ1) is 12.7. The number of carbonyl (C=O) groups excluding carboxylic acids is 1. The molecule has 8 nitrogen and oxygen atoms in total. The van der Waals surface area contributed by atoms with Gasteiger partial charge in [0.2, 0.25) is 17.6 Å². The molecule has 134 valence electrons. The summed E-state index contributed by atoms with van der Waals surface area (Å²) in [5.41, 5.74) is 2.57. The van der Waals surface area contributed by atoms with Crippen LogP contribution in [-0.2, 0) is 11.2 Å². The number of rotatable bonds is 5. The molecule has 0 aliphatic carbocycles. The van der Waals surface area contributed by atoms with Gasteiger partial charge in [0.15, 0.2) is 5.82 Å². The number of amides is 1. The zero-order valence-electron chi connectivity index (χ0n) is 14.6. The van der Waals surface area contributed by atoms with E-state index in [2.05, 4.69) is 56.5 Å². The molecule has 26 heavy (non-hydrogen) atoms. The van der Waals surface area contributed by atoms with Crippen molar-refractivity contribution in [2.45, 2.75) is 32.1 Å². The lowest BCUT2D eigenvalue weighted by Crippen LogP contribution is -2.28. The molecule has 1 atom stereocenters. The fourth-order valence-corrected chi connectivity index (χ4v) is 3.32. The summed E-state index contributed by atoms with van der Waals surface area (Å²) in [4.78, 5) is 22.7. The third-order valence-corrected chi connectivity index (χ3v) is 4.70. The summed E-state index contributed by atoms with van der Waals surface area (Å²) < 4.78 is 5.19. The molecule has 0 radical (unpaired) electrons. The van der Waals surface area contributed by atoms with Gasteiger partial charge in [-0.3, -0.25) is 9.89 Å². The van der Waals surface area contributed by atoms with E-state index in [1.807, 2.05) is 4.90 Å². The van der Waals surface area contributed by atoms with Gasteiger partial charge in [-0.05, 0) is 18.9 Å². The molecule has 1 aromatic carbocycles. The Kier molecular flexibility index (Phi) is 4.47. The molecule has 1 N–H and O–H groups in total. The van der Waals surface area contributed by atoms with E-state index in [0.717, 1.165) is 19.5 Å². The van der Waals surface area contributed by atoms with Crippen molar-refractivity contribution in [1.82, 2.24) is 30.2 Å². The molecule has 4 rings (SSSR count). The third kappa shape index (κ3) is 3.49. The van der Waals surface area contributed by atoms with E-state index >= 15 is 0 Å². The minimum atomic E-state index is 0.125. The number of nitrogens with one attached hydrogen (secondary N) is 1. The van der Waals surface area contributed by atoms with Gasteiger partial charge < -0.3 is 9.42 Å². The van der Waals surface area contributed by atoms with Crippen LogP contribution >= 0.6 is 0 Å². The molecule has 3 aromatic rings. The molecular weight excluding hydrogens is 332 g/mol. The van der Waals surface area contributed by atoms with E-state index in [1.165, 1.54) is 17.5 Å². The van der Waals surface area contributed by atoms with Crippen LogP contribution in [0, 0.1) is 6.92 Å². The predicted molar refractivity (Wildman–Crippen MR) is 93.1 cm³/mol. The Hall–Kier alpha value is -3.03. The van der Waals surface area contributed by atoms with Crippen molar-refractivity contribution in [1.29, 1.82) is 0 Å². The molecule has 1 fully saturated rings. The van der Waals surface area contributed by atoms with Crippen molar-refractivity contribution in [3.8, 4) is 11.6 Å². The Morgan fingerprint density at radius 1 is 1.42 bits per heavy atom. The standard InChI is InChI=1S/C18H20N6O2/c1-12-3-2-4-13(9-12)14-7-8-24(10-14)16(25)6-5-15-21-18(23-26-15)17-19-11-20-22-17/h2-4,9,11,14H,5-8,10H2,1H3,(H,19,20,22). The number of aryl methyl sites for hydroxylation is 2. The quantitative estimate of drug-likeness (QED) is 0.755. The smallest absolute Gasteiger partial charge is 0.239 e. The highest BCUT2D eigenvalue weighted by Gasteiger charge is 2.27. The molecule has 1 aliphatic rings. The zero-order valence-corrected chi connectivity index (χ0v) is 14.6. The molecule has 1 amide bonds. The number of hydrogen-bond donors (Lipinski definition) is 1. The summed E-state index contributed by atoms with van der Waals surface area (Å²) in [6.07, 6.45) is 3.17. The topological polar surface area (TPSA) is 101 Å². The number of hydrogen-bond acceptors (Lipinski definition) is 6. The second-order valence-electron chi connectivity index (χ2n) is 6.59. The third-order valence-electron chi connectivity index (χ3n) is 4.70. The summed E-state index contributed by atoms with van der Waals surface area (Å²) in [5, 5.41) is 10.3. The first kappa shape index (κ1) is 16.4. The Morgan fingerprint density at radius 3 is 3.15 bits per heavy atom. The van der Waals surface area contributed by atoms with Crippen LogP contribution in [-0.4, -0.2) is 49.2 Å². The Morgan fingerprint density at radius 2 is 2.35 bits per heavy atom. The number of carbonyl (C=O) groups is 1. The molecule has 1 aliphatic heterocycles. The average molecular weight is 352 g/mol. The number of H-pyrrole nitrogens is 1. The van der Waals surface area contributed by atoms with E-state index in [-0.39, 0.29) is 5.91 Å². The molecule has 3 heterocycles. The van der Waals surface area contributed by atoms with Gasteiger partial charge in [-0.25, -0.2) is 4.98 Å². The van der Waals surface area contributed by atoms with Crippen molar-refractivity contribution in [2.24, 2.45) is 0 Å². The predicted octanol–water partition coefficient (Wildman–Crippen LogP) is 2.11.